The highest BCUT2D eigenvalue weighted by molar-refractivity contribution is 7.90. The summed E-state index contributed by atoms with van der Waals surface area (Å²) >= 11 is 0. The lowest BCUT2D eigenvalue weighted by atomic mass is 9.83. The number of methoxy groups -OCH3 is 1. The van der Waals surface area contributed by atoms with Gasteiger partial charge in [-0.2, -0.15) is 5.10 Å². The Balaban J connectivity index is 1.61. The Morgan fingerprint density at radius 2 is 1.74 bits per heavy atom. The maximum absolute atomic E-state index is 13.2. The van der Waals surface area contributed by atoms with E-state index in [2.05, 4.69) is 5.10 Å². The van der Waals surface area contributed by atoms with E-state index in [9.17, 15) is 18.0 Å². The van der Waals surface area contributed by atoms with Crippen LogP contribution in [-0.4, -0.2) is 43.3 Å². The van der Waals surface area contributed by atoms with E-state index in [0.29, 0.717) is 11.4 Å². The van der Waals surface area contributed by atoms with Crippen LogP contribution in [0.1, 0.15) is 41.4 Å². The Hall–Kier alpha value is -3.46. The van der Waals surface area contributed by atoms with Gasteiger partial charge in [0, 0.05) is 30.1 Å². The van der Waals surface area contributed by atoms with Crippen LogP contribution in [0.3, 0.4) is 0 Å². The number of nitrogens with two attached hydrogens (primary N) is 1. The van der Waals surface area contributed by atoms with E-state index < -0.39 is 9.84 Å². The molecule has 1 amide bonds. The Bertz CT molecular complexity index is 1340. The van der Waals surface area contributed by atoms with E-state index in [-0.39, 0.29) is 40.2 Å². The number of rotatable bonds is 9. The Kier molecular flexibility index (Phi) is 6.07. The Morgan fingerprint density at radius 3 is 2.24 bits per heavy atom. The maximum Gasteiger partial charge on any atom is 0.221 e. The number of benzene rings is 2. The minimum atomic E-state index is -3.61. The molecule has 2 N–H and O–H groups in total. The third kappa shape index (κ3) is 4.48. The molecule has 8 nitrogen and oxygen atoms in total. The van der Waals surface area contributed by atoms with Crippen molar-refractivity contribution in [3.8, 4) is 11.4 Å². The first-order chi connectivity index (χ1) is 16.0. The van der Waals surface area contributed by atoms with Crippen LogP contribution in [0, 0.1) is 5.92 Å². The van der Waals surface area contributed by atoms with Crippen molar-refractivity contribution in [1.82, 2.24) is 9.78 Å². The van der Waals surface area contributed by atoms with Crippen LogP contribution in [0.15, 0.2) is 59.6 Å². The van der Waals surface area contributed by atoms with Gasteiger partial charge < -0.3 is 10.5 Å². The molecule has 1 aromatic heterocycles. The highest BCUT2D eigenvalue weighted by Crippen LogP contribution is 2.53. The van der Waals surface area contributed by atoms with Gasteiger partial charge in [0.2, 0.25) is 5.91 Å². The number of amides is 1. The fourth-order valence-electron chi connectivity index (χ4n) is 4.27. The number of hydrogen-bond acceptors (Lipinski definition) is 6. The molecule has 1 saturated carbocycles. The van der Waals surface area contributed by atoms with Gasteiger partial charge in [-0.15, -0.1) is 0 Å². The van der Waals surface area contributed by atoms with Gasteiger partial charge >= 0.3 is 0 Å². The van der Waals surface area contributed by atoms with Gasteiger partial charge in [0.1, 0.15) is 11.4 Å². The minimum absolute atomic E-state index is 0.0731. The largest absolute Gasteiger partial charge is 0.497 e. The quantitative estimate of drug-likeness (QED) is 0.469. The van der Waals surface area contributed by atoms with Crippen LogP contribution < -0.4 is 10.5 Å². The average molecular weight is 482 g/mol. The van der Waals surface area contributed by atoms with Crippen molar-refractivity contribution < 1.29 is 22.7 Å². The molecule has 178 valence electrons. The second-order valence-corrected chi connectivity index (χ2v) is 10.8. The first-order valence-electron chi connectivity index (χ1n) is 10.9. The van der Waals surface area contributed by atoms with E-state index >= 15 is 0 Å². The molecule has 4 rings (SSSR count). The van der Waals surface area contributed by atoms with Crippen LogP contribution in [0.2, 0.25) is 0 Å². The van der Waals surface area contributed by atoms with Crippen molar-refractivity contribution in [2.24, 2.45) is 11.7 Å². The standard InChI is InChI=1S/C25H27N3O5S/c1-16(24(26)30)25(12-13-25)18-6-4-17(5-7-18)14-22(29)21-15-23(34(3,31)32)27-28(21)19-8-10-20(33-2)11-9-19/h4-11,15-16H,12-14H2,1-3H3,(H2,26,30). The van der Waals surface area contributed by atoms with Gasteiger partial charge in [0.15, 0.2) is 20.6 Å². The zero-order valence-corrected chi connectivity index (χ0v) is 20.1. The van der Waals surface area contributed by atoms with Gasteiger partial charge in [0.05, 0.1) is 12.8 Å². The molecule has 0 aliphatic heterocycles. The lowest BCUT2D eigenvalue weighted by Gasteiger charge is -2.21. The zero-order valence-electron chi connectivity index (χ0n) is 19.3. The first-order valence-corrected chi connectivity index (χ1v) is 12.8. The maximum atomic E-state index is 13.2. The first kappa shape index (κ1) is 23.7. The van der Waals surface area contributed by atoms with E-state index in [1.165, 1.54) is 10.7 Å². The highest BCUT2D eigenvalue weighted by atomic mass is 32.2. The lowest BCUT2D eigenvalue weighted by Crippen LogP contribution is -2.31. The Morgan fingerprint density at radius 1 is 1.12 bits per heavy atom. The number of carbonyl (C=O) groups is 2. The number of aromatic nitrogens is 2. The normalized spacial score (nSPS) is 15.5. The number of nitrogens with zero attached hydrogens (tertiary/aromatic N) is 2. The zero-order chi connectivity index (χ0) is 24.7. The Labute approximate surface area is 198 Å². The summed E-state index contributed by atoms with van der Waals surface area (Å²) in [4.78, 5) is 24.9. The summed E-state index contributed by atoms with van der Waals surface area (Å²) in [6, 6.07) is 15.8. The van der Waals surface area contributed by atoms with E-state index in [1.54, 1.807) is 31.4 Å². The van der Waals surface area contributed by atoms with Crippen LogP contribution >= 0.6 is 0 Å². The summed E-state index contributed by atoms with van der Waals surface area (Å²) in [5.41, 5.74) is 7.85. The SMILES string of the molecule is COc1ccc(-n2nc(S(C)(=O)=O)cc2C(=O)Cc2ccc(C3(C(C)C(N)=O)CC3)cc2)cc1. The summed E-state index contributed by atoms with van der Waals surface area (Å²) in [5.74, 6) is -0.206. The molecule has 9 heteroatoms. The molecule has 1 aliphatic rings. The average Bonchev–Trinajstić information content (AvgIpc) is 3.48. The van der Waals surface area contributed by atoms with Crippen LogP contribution in [0.25, 0.3) is 5.69 Å². The van der Waals surface area contributed by atoms with Gasteiger partial charge in [-0.1, -0.05) is 31.2 Å². The number of sulfone groups is 1. The van der Waals surface area contributed by atoms with Crippen molar-refractivity contribution in [3.63, 3.8) is 0 Å². The molecule has 1 aliphatic carbocycles. The summed E-state index contributed by atoms with van der Waals surface area (Å²) in [7, 11) is -2.06. The van der Waals surface area contributed by atoms with Crippen molar-refractivity contribution in [1.29, 1.82) is 0 Å². The van der Waals surface area contributed by atoms with Gasteiger partial charge in [-0.05, 0) is 48.2 Å². The topological polar surface area (TPSA) is 121 Å². The molecule has 0 bridgehead atoms. The molecule has 1 fully saturated rings. The van der Waals surface area contributed by atoms with Crippen molar-refractivity contribution >= 4 is 21.5 Å². The molecular formula is C25H27N3O5S. The monoisotopic (exact) mass is 481 g/mol. The van der Waals surface area contributed by atoms with Gasteiger partial charge in [0.25, 0.3) is 0 Å². The van der Waals surface area contributed by atoms with Crippen LogP contribution in [-0.2, 0) is 26.5 Å². The van der Waals surface area contributed by atoms with Crippen LogP contribution in [0.4, 0.5) is 0 Å². The third-order valence-corrected chi connectivity index (χ3v) is 7.57. The molecule has 1 heterocycles. The summed E-state index contributed by atoms with van der Waals surface area (Å²) in [5, 5.41) is 4.02. The van der Waals surface area contributed by atoms with Crippen molar-refractivity contribution in [2.75, 3.05) is 13.4 Å². The van der Waals surface area contributed by atoms with E-state index in [4.69, 9.17) is 10.5 Å². The fraction of sp³-hybridized carbons (Fsp3) is 0.320. The summed E-state index contributed by atoms with van der Waals surface area (Å²) < 4.78 is 30.7. The van der Waals surface area contributed by atoms with E-state index in [1.807, 2.05) is 31.2 Å². The molecule has 1 unspecified atom stereocenters. The van der Waals surface area contributed by atoms with Crippen molar-refractivity contribution in [3.05, 3.63) is 71.4 Å². The molecule has 1 atom stereocenters. The minimum Gasteiger partial charge on any atom is -0.497 e. The molecule has 34 heavy (non-hydrogen) atoms. The molecule has 0 radical (unpaired) electrons. The third-order valence-electron chi connectivity index (χ3n) is 6.61. The second-order valence-electron chi connectivity index (χ2n) is 8.83. The lowest BCUT2D eigenvalue weighted by molar-refractivity contribution is -0.122. The van der Waals surface area contributed by atoms with Gasteiger partial charge in [-0.25, -0.2) is 13.1 Å². The fourth-order valence-corrected chi connectivity index (χ4v) is 4.82. The van der Waals surface area contributed by atoms with Crippen molar-refractivity contribution in [2.45, 2.75) is 36.6 Å². The molecule has 2 aromatic carbocycles. The molecule has 0 spiro atoms. The predicted molar refractivity (Wildman–Crippen MR) is 127 cm³/mol. The number of carbonyl (C=O) groups excluding carboxylic acids is 2. The number of Topliss-reactive ketones (excluding diaryl/α,β-unsaturated/α-hetero) is 1. The summed E-state index contributed by atoms with van der Waals surface area (Å²) in [6.07, 6.45) is 2.95. The summed E-state index contributed by atoms with van der Waals surface area (Å²) in [6.45, 7) is 1.85. The van der Waals surface area contributed by atoms with Gasteiger partial charge in [-0.3, -0.25) is 9.59 Å². The number of hydrogen-bond donors (Lipinski definition) is 1. The smallest absolute Gasteiger partial charge is 0.221 e. The number of ether oxygens (including phenoxy) is 1. The molecule has 0 saturated heterocycles. The van der Waals surface area contributed by atoms with Crippen LogP contribution in [0.5, 0.6) is 5.75 Å². The number of ketones is 1. The highest BCUT2D eigenvalue weighted by Gasteiger charge is 2.50. The number of primary amides is 1. The second kappa shape index (κ2) is 8.72. The molecular weight excluding hydrogens is 454 g/mol. The predicted octanol–water partition coefficient (Wildman–Crippen LogP) is 2.86. The van der Waals surface area contributed by atoms with E-state index in [0.717, 1.165) is 30.2 Å². The molecule has 3 aromatic rings.